The van der Waals surface area contributed by atoms with E-state index >= 15 is 0 Å². The molecule has 1 N–H and O–H groups in total. The zero-order chi connectivity index (χ0) is 13.1. The molecule has 0 spiro atoms. The fourth-order valence-electron chi connectivity index (χ4n) is 1.24. The minimum absolute atomic E-state index is 0.0114. The molecule has 6 nitrogen and oxygen atoms in total. The number of aliphatic hydroxyl groups excluding tert-OH is 1. The predicted octanol–water partition coefficient (Wildman–Crippen LogP) is 0.242. The third-order valence-corrected chi connectivity index (χ3v) is 4.17. The van der Waals surface area contributed by atoms with E-state index in [9.17, 15) is 8.42 Å². The molecule has 17 heavy (non-hydrogen) atoms. The van der Waals surface area contributed by atoms with Crippen LogP contribution in [0.1, 0.15) is 0 Å². The quantitative estimate of drug-likeness (QED) is 0.757. The SMILES string of the molecule is C=CCN(CCO)S(=O)(=O)c1cn(C)c(Cl)n1. The predicted molar refractivity (Wildman–Crippen MR) is 64.3 cm³/mol. The number of aromatic nitrogens is 2. The highest BCUT2D eigenvalue weighted by Gasteiger charge is 2.26. The number of nitrogens with zero attached hydrogens (tertiary/aromatic N) is 3. The smallest absolute Gasteiger partial charge is 0.262 e. The van der Waals surface area contributed by atoms with Gasteiger partial charge in [-0.05, 0) is 11.6 Å². The Balaban J connectivity index is 3.10. The van der Waals surface area contributed by atoms with E-state index in [2.05, 4.69) is 11.6 Å². The van der Waals surface area contributed by atoms with Crippen LogP contribution in [0.4, 0.5) is 0 Å². The molecule has 96 valence electrons. The standard InChI is InChI=1S/C9H14ClN3O3S/c1-3-4-13(5-6-14)17(15,16)8-7-12(2)9(10)11-8/h3,7,14H,1,4-6H2,2H3. The van der Waals surface area contributed by atoms with Crippen LogP contribution in [0, 0.1) is 0 Å². The van der Waals surface area contributed by atoms with Crippen molar-refractivity contribution in [1.82, 2.24) is 13.9 Å². The molecule has 0 saturated carbocycles. The maximum Gasteiger partial charge on any atom is 0.262 e. The Morgan fingerprint density at radius 2 is 2.35 bits per heavy atom. The summed E-state index contributed by atoms with van der Waals surface area (Å²) in [6.45, 7) is 3.30. The van der Waals surface area contributed by atoms with E-state index in [4.69, 9.17) is 16.7 Å². The lowest BCUT2D eigenvalue weighted by atomic mass is 10.6. The zero-order valence-corrected chi connectivity index (χ0v) is 10.9. The molecule has 0 aromatic carbocycles. The van der Waals surface area contributed by atoms with Gasteiger partial charge >= 0.3 is 0 Å². The molecule has 0 bridgehead atoms. The third kappa shape index (κ3) is 3.06. The largest absolute Gasteiger partial charge is 0.395 e. The van der Waals surface area contributed by atoms with Crippen molar-refractivity contribution in [1.29, 1.82) is 0 Å². The Kier molecular flexibility index (Phi) is 4.70. The molecule has 0 saturated heterocycles. The monoisotopic (exact) mass is 279 g/mol. The molecule has 0 fully saturated rings. The molecule has 8 heteroatoms. The van der Waals surface area contributed by atoms with Crippen molar-refractivity contribution in [3.05, 3.63) is 24.1 Å². The van der Waals surface area contributed by atoms with Crippen molar-refractivity contribution >= 4 is 21.6 Å². The number of aliphatic hydroxyl groups is 1. The Bertz CT molecular complexity index is 478. The minimum atomic E-state index is -3.74. The molecule has 0 aliphatic carbocycles. The van der Waals surface area contributed by atoms with E-state index in [1.165, 1.54) is 16.8 Å². The van der Waals surface area contributed by atoms with Crippen LogP contribution >= 0.6 is 11.6 Å². The van der Waals surface area contributed by atoms with E-state index in [-0.39, 0.29) is 30.0 Å². The van der Waals surface area contributed by atoms with Gasteiger partial charge in [0.1, 0.15) is 0 Å². The Morgan fingerprint density at radius 1 is 1.71 bits per heavy atom. The molecule has 1 aromatic heterocycles. The van der Waals surface area contributed by atoms with Crippen molar-refractivity contribution in [2.75, 3.05) is 19.7 Å². The normalized spacial score (nSPS) is 12.0. The Morgan fingerprint density at radius 3 is 2.76 bits per heavy atom. The molecule has 0 unspecified atom stereocenters. The maximum absolute atomic E-state index is 12.1. The first-order chi connectivity index (χ1) is 7.93. The molecule has 0 radical (unpaired) electrons. The van der Waals surface area contributed by atoms with Gasteiger partial charge in [0.25, 0.3) is 10.0 Å². The third-order valence-electron chi connectivity index (χ3n) is 2.08. The van der Waals surface area contributed by atoms with Crippen LogP contribution in [0.25, 0.3) is 0 Å². The number of halogens is 1. The van der Waals surface area contributed by atoms with Crippen LogP contribution in [0.3, 0.4) is 0 Å². The van der Waals surface area contributed by atoms with E-state index < -0.39 is 10.0 Å². The van der Waals surface area contributed by atoms with Crippen LogP contribution < -0.4 is 0 Å². The Hall–Kier alpha value is -0.890. The van der Waals surface area contributed by atoms with Gasteiger partial charge in [0.05, 0.1) is 6.61 Å². The molecule has 1 heterocycles. The highest BCUT2D eigenvalue weighted by atomic mass is 35.5. The number of imidazole rings is 1. The van der Waals surface area contributed by atoms with Crippen molar-refractivity contribution in [2.24, 2.45) is 7.05 Å². The second-order valence-electron chi connectivity index (χ2n) is 3.33. The van der Waals surface area contributed by atoms with E-state index in [1.54, 1.807) is 7.05 Å². The summed E-state index contributed by atoms with van der Waals surface area (Å²) in [5.74, 6) is 0. The van der Waals surface area contributed by atoms with Crippen LogP contribution in [0.15, 0.2) is 23.9 Å². The second kappa shape index (κ2) is 5.63. The molecule has 1 aromatic rings. The van der Waals surface area contributed by atoms with Crippen LogP contribution in [-0.2, 0) is 17.1 Å². The summed E-state index contributed by atoms with van der Waals surface area (Å²) in [5, 5.41) is 8.79. The number of aryl methyl sites for hydroxylation is 1. The summed E-state index contributed by atoms with van der Waals surface area (Å²) in [6, 6.07) is 0. The first-order valence-electron chi connectivity index (χ1n) is 4.84. The molecular formula is C9H14ClN3O3S. The molecular weight excluding hydrogens is 266 g/mol. The van der Waals surface area contributed by atoms with Gasteiger partial charge < -0.3 is 9.67 Å². The first-order valence-corrected chi connectivity index (χ1v) is 6.66. The van der Waals surface area contributed by atoms with Crippen LogP contribution in [-0.4, -0.2) is 47.1 Å². The summed E-state index contributed by atoms with van der Waals surface area (Å²) in [7, 11) is -2.15. The van der Waals surface area contributed by atoms with Gasteiger partial charge in [-0.15, -0.1) is 6.58 Å². The molecule has 0 aliphatic rings. The summed E-state index contributed by atoms with van der Waals surface area (Å²) in [4.78, 5) is 3.75. The lowest BCUT2D eigenvalue weighted by Gasteiger charge is -2.17. The topological polar surface area (TPSA) is 75.4 Å². The lowest BCUT2D eigenvalue weighted by Crippen LogP contribution is -2.34. The van der Waals surface area contributed by atoms with Gasteiger partial charge in [0.2, 0.25) is 5.28 Å². The molecule has 0 atom stereocenters. The summed E-state index contributed by atoms with van der Waals surface area (Å²) < 4.78 is 26.7. The highest BCUT2D eigenvalue weighted by molar-refractivity contribution is 7.89. The van der Waals surface area contributed by atoms with Gasteiger partial charge in [-0.2, -0.15) is 4.31 Å². The highest BCUT2D eigenvalue weighted by Crippen LogP contribution is 2.16. The minimum Gasteiger partial charge on any atom is -0.395 e. The average Bonchev–Trinajstić information content (AvgIpc) is 2.59. The van der Waals surface area contributed by atoms with Crippen molar-refractivity contribution < 1.29 is 13.5 Å². The summed E-state index contributed by atoms with van der Waals surface area (Å²) in [6.07, 6.45) is 2.77. The van der Waals surface area contributed by atoms with Gasteiger partial charge in [-0.25, -0.2) is 13.4 Å². The van der Waals surface area contributed by atoms with Crippen LogP contribution in [0.5, 0.6) is 0 Å². The van der Waals surface area contributed by atoms with Gasteiger partial charge in [-0.3, -0.25) is 0 Å². The number of rotatable bonds is 6. The fraction of sp³-hybridized carbons (Fsp3) is 0.444. The van der Waals surface area contributed by atoms with Crippen molar-refractivity contribution in [3.63, 3.8) is 0 Å². The molecule has 0 aliphatic heterocycles. The Labute approximate surface area is 105 Å². The zero-order valence-electron chi connectivity index (χ0n) is 9.37. The molecule has 0 amide bonds. The van der Waals surface area contributed by atoms with Crippen molar-refractivity contribution in [2.45, 2.75) is 5.03 Å². The number of sulfonamides is 1. The van der Waals surface area contributed by atoms with Gasteiger partial charge in [-0.1, -0.05) is 6.08 Å². The van der Waals surface area contributed by atoms with Crippen LogP contribution in [0.2, 0.25) is 5.28 Å². The lowest BCUT2D eigenvalue weighted by molar-refractivity contribution is 0.260. The van der Waals surface area contributed by atoms with E-state index in [1.807, 2.05) is 0 Å². The first kappa shape index (κ1) is 14.2. The van der Waals surface area contributed by atoms with Gasteiger partial charge in [0, 0.05) is 26.3 Å². The second-order valence-corrected chi connectivity index (χ2v) is 5.56. The van der Waals surface area contributed by atoms with E-state index in [0.717, 1.165) is 4.31 Å². The van der Waals surface area contributed by atoms with Gasteiger partial charge in [0.15, 0.2) is 5.03 Å². The summed E-state index contributed by atoms with van der Waals surface area (Å²) in [5.41, 5.74) is 0. The summed E-state index contributed by atoms with van der Waals surface area (Å²) >= 11 is 5.69. The molecule has 1 rings (SSSR count). The average molecular weight is 280 g/mol. The number of hydrogen-bond donors (Lipinski definition) is 1. The fourth-order valence-corrected chi connectivity index (χ4v) is 2.81. The maximum atomic E-state index is 12.1. The number of hydrogen-bond acceptors (Lipinski definition) is 4. The van der Waals surface area contributed by atoms with Crippen molar-refractivity contribution in [3.8, 4) is 0 Å². The van der Waals surface area contributed by atoms with E-state index in [0.29, 0.717) is 0 Å².